The van der Waals surface area contributed by atoms with Crippen LogP contribution in [0.5, 0.6) is 5.88 Å². The topological polar surface area (TPSA) is 48.4 Å². The van der Waals surface area contributed by atoms with Gasteiger partial charge in [0, 0.05) is 18.0 Å². The normalized spacial score (nSPS) is 14.2. The first-order chi connectivity index (χ1) is 4.79. The van der Waals surface area contributed by atoms with Gasteiger partial charge in [0.2, 0.25) is 0 Å². The lowest BCUT2D eigenvalue weighted by atomic mass is 10.2. The number of nitrogens with one attached hydrogen (secondary N) is 1. The Bertz CT molecular complexity index is 322. The van der Waals surface area contributed by atoms with Crippen LogP contribution in [-0.2, 0) is 0 Å². The van der Waals surface area contributed by atoms with Crippen LogP contribution in [0.1, 0.15) is 11.1 Å². The first kappa shape index (κ1) is 5.29. The SMILES string of the molecule is C=C1N=Cc2c1c[nH]c2O. The third kappa shape index (κ3) is 0.466. The van der Waals surface area contributed by atoms with E-state index in [1.165, 1.54) is 0 Å². The molecule has 10 heavy (non-hydrogen) atoms. The van der Waals surface area contributed by atoms with E-state index >= 15 is 0 Å². The highest BCUT2D eigenvalue weighted by molar-refractivity contribution is 5.98. The zero-order valence-electron chi connectivity index (χ0n) is 5.26. The molecule has 0 amide bonds. The quantitative estimate of drug-likeness (QED) is 0.548. The van der Waals surface area contributed by atoms with Crippen LogP contribution in [0.15, 0.2) is 17.8 Å². The summed E-state index contributed by atoms with van der Waals surface area (Å²) in [6, 6.07) is 0. The van der Waals surface area contributed by atoms with E-state index < -0.39 is 0 Å². The van der Waals surface area contributed by atoms with Gasteiger partial charge in [-0.1, -0.05) is 6.58 Å². The molecule has 0 saturated heterocycles. The predicted octanol–water partition coefficient (Wildman–Crippen LogP) is 1.12. The molecule has 2 N–H and O–H groups in total. The van der Waals surface area contributed by atoms with Crippen LogP contribution < -0.4 is 0 Å². The van der Waals surface area contributed by atoms with E-state index in [1.54, 1.807) is 12.4 Å². The molecule has 3 heteroatoms. The smallest absolute Gasteiger partial charge is 0.198 e. The predicted molar refractivity (Wildman–Crippen MR) is 39.1 cm³/mol. The van der Waals surface area contributed by atoms with Crippen molar-refractivity contribution >= 4 is 11.9 Å². The maximum absolute atomic E-state index is 9.10. The van der Waals surface area contributed by atoms with Gasteiger partial charge < -0.3 is 10.1 Å². The Balaban J connectivity index is 2.73. The van der Waals surface area contributed by atoms with Crippen molar-refractivity contribution in [1.82, 2.24) is 4.98 Å². The highest BCUT2D eigenvalue weighted by atomic mass is 16.3. The van der Waals surface area contributed by atoms with Gasteiger partial charge in [-0.25, -0.2) is 0 Å². The fourth-order valence-corrected chi connectivity index (χ4v) is 1.01. The molecular weight excluding hydrogens is 128 g/mol. The van der Waals surface area contributed by atoms with E-state index in [-0.39, 0.29) is 5.88 Å². The first-order valence-electron chi connectivity index (χ1n) is 2.92. The lowest BCUT2D eigenvalue weighted by Crippen LogP contribution is -1.72. The summed E-state index contributed by atoms with van der Waals surface area (Å²) in [5, 5.41) is 9.10. The number of fused-ring (bicyclic) bond motifs is 1. The van der Waals surface area contributed by atoms with Crippen LogP contribution in [0.4, 0.5) is 0 Å². The summed E-state index contributed by atoms with van der Waals surface area (Å²) < 4.78 is 0. The minimum atomic E-state index is 0.164. The van der Waals surface area contributed by atoms with Crippen LogP contribution in [0.3, 0.4) is 0 Å². The summed E-state index contributed by atoms with van der Waals surface area (Å²) in [7, 11) is 0. The Morgan fingerprint density at radius 1 is 1.60 bits per heavy atom. The van der Waals surface area contributed by atoms with Crippen LogP contribution in [-0.4, -0.2) is 16.3 Å². The van der Waals surface area contributed by atoms with Crippen LogP contribution in [0.25, 0.3) is 5.70 Å². The fourth-order valence-electron chi connectivity index (χ4n) is 1.01. The van der Waals surface area contributed by atoms with Gasteiger partial charge in [-0.15, -0.1) is 0 Å². The molecule has 3 nitrogen and oxygen atoms in total. The molecule has 0 unspecified atom stereocenters. The maximum Gasteiger partial charge on any atom is 0.198 e. The van der Waals surface area contributed by atoms with Gasteiger partial charge in [-0.2, -0.15) is 0 Å². The van der Waals surface area contributed by atoms with Crippen molar-refractivity contribution in [2.45, 2.75) is 0 Å². The molecular formula is C7H6N2O. The number of aromatic amines is 1. The minimum absolute atomic E-state index is 0.164. The highest BCUT2D eigenvalue weighted by Gasteiger charge is 2.14. The molecule has 0 spiro atoms. The zero-order valence-corrected chi connectivity index (χ0v) is 5.26. The molecule has 0 fully saturated rings. The number of hydrogen-bond acceptors (Lipinski definition) is 2. The van der Waals surface area contributed by atoms with E-state index in [0.717, 1.165) is 11.1 Å². The summed E-state index contributed by atoms with van der Waals surface area (Å²) in [5.74, 6) is 0.164. The molecule has 2 rings (SSSR count). The van der Waals surface area contributed by atoms with Crippen LogP contribution >= 0.6 is 0 Å². The standard InChI is InChI=1S/C7H6N2O/c1-4-5-2-9-7(10)6(5)3-8-4/h2-3,9-10H,1H2. The number of hydrogen-bond donors (Lipinski definition) is 2. The Morgan fingerprint density at radius 3 is 3.10 bits per heavy atom. The average molecular weight is 134 g/mol. The van der Waals surface area contributed by atoms with Gasteiger partial charge in [0.05, 0.1) is 11.3 Å². The number of rotatable bonds is 0. The molecule has 2 heterocycles. The largest absolute Gasteiger partial charge is 0.494 e. The molecule has 1 aromatic heterocycles. The molecule has 0 saturated carbocycles. The second kappa shape index (κ2) is 1.50. The number of aromatic hydroxyl groups is 1. The van der Waals surface area contributed by atoms with Crippen molar-refractivity contribution in [3.05, 3.63) is 23.9 Å². The minimum Gasteiger partial charge on any atom is -0.494 e. The van der Waals surface area contributed by atoms with E-state index in [0.29, 0.717) is 5.70 Å². The summed E-state index contributed by atoms with van der Waals surface area (Å²) in [6.45, 7) is 3.68. The number of aromatic nitrogens is 1. The Kier molecular flexibility index (Phi) is 0.795. The molecule has 0 radical (unpaired) electrons. The summed E-state index contributed by atoms with van der Waals surface area (Å²) >= 11 is 0. The maximum atomic E-state index is 9.10. The Morgan fingerprint density at radius 2 is 2.40 bits per heavy atom. The van der Waals surface area contributed by atoms with Crippen molar-refractivity contribution in [2.24, 2.45) is 4.99 Å². The summed E-state index contributed by atoms with van der Waals surface area (Å²) in [6.07, 6.45) is 3.30. The fraction of sp³-hybridized carbons (Fsp3) is 0. The zero-order chi connectivity index (χ0) is 7.14. The summed E-state index contributed by atoms with van der Waals surface area (Å²) in [5.41, 5.74) is 2.33. The Labute approximate surface area is 57.7 Å². The second-order valence-corrected chi connectivity index (χ2v) is 2.17. The van der Waals surface area contributed by atoms with Crippen LogP contribution in [0.2, 0.25) is 0 Å². The highest BCUT2D eigenvalue weighted by Crippen LogP contribution is 2.28. The van der Waals surface area contributed by atoms with Gasteiger partial charge in [-0.05, 0) is 0 Å². The molecule has 1 aliphatic rings. The van der Waals surface area contributed by atoms with Crippen molar-refractivity contribution in [3.8, 4) is 5.88 Å². The summed E-state index contributed by atoms with van der Waals surface area (Å²) in [4.78, 5) is 6.60. The van der Waals surface area contributed by atoms with Gasteiger partial charge >= 0.3 is 0 Å². The lowest BCUT2D eigenvalue weighted by Gasteiger charge is -1.84. The van der Waals surface area contributed by atoms with Gasteiger partial charge in [0.1, 0.15) is 0 Å². The molecule has 50 valence electrons. The van der Waals surface area contributed by atoms with E-state index in [1.807, 2.05) is 0 Å². The van der Waals surface area contributed by atoms with E-state index in [9.17, 15) is 0 Å². The number of H-pyrrole nitrogens is 1. The molecule has 0 bridgehead atoms. The van der Waals surface area contributed by atoms with E-state index in [2.05, 4.69) is 16.6 Å². The third-order valence-electron chi connectivity index (χ3n) is 1.56. The van der Waals surface area contributed by atoms with Gasteiger partial charge in [0.25, 0.3) is 0 Å². The van der Waals surface area contributed by atoms with Crippen molar-refractivity contribution < 1.29 is 5.11 Å². The van der Waals surface area contributed by atoms with Crippen molar-refractivity contribution in [1.29, 1.82) is 0 Å². The van der Waals surface area contributed by atoms with Gasteiger partial charge in [0.15, 0.2) is 5.88 Å². The number of nitrogens with zero attached hydrogens (tertiary/aromatic N) is 1. The third-order valence-corrected chi connectivity index (χ3v) is 1.56. The van der Waals surface area contributed by atoms with E-state index in [4.69, 9.17) is 5.11 Å². The Hall–Kier alpha value is -1.51. The molecule has 0 atom stereocenters. The average Bonchev–Trinajstić information content (AvgIpc) is 2.41. The molecule has 0 aliphatic carbocycles. The van der Waals surface area contributed by atoms with Crippen molar-refractivity contribution in [2.75, 3.05) is 0 Å². The lowest BCUT2D eigenvalue weighted by molar-refractivity contribution is 0.456. The molecule has 1 aromatic rings. The van der Waals surface area contributed by atoms with Crippen LogP contribution in [0, 0.1) is 0 Å². The van der Waals surface area contributed by atoms with Gasteiger partial charge in [-0.3, -0.25) is 4.99 Å². The molecule has 0 aromatic carbocycles. The monoisotopic (exact) mass is 134 g/mol. The first-order valence-corrected chi connectivity index (χ1v) is 2.92. The second-order valence-electron chi connectivity index (χ2n) is 2.17. The molecule has 1 aliphatic heterocycles. The van der Waals surface area contributed by atoms with Crippen molar-refractivity contribution in [3.63, 3.8) is 0 Å². The number of aliphatic imine (C=N–C) groups is 1.